The second kappa shape index (κ2) is 4.32. The Morgan fingerprint density at radius 3 is 2.87 bits per heavy atom. The van der Waals surface area contributed by atoms with E-state index in [-0.39, 0.29) is 5.69 Å². The van der Waals surface area contributed by atoms with Crippen LogP contribution < -0.4 is 5.73 Å². The number of amides is 1. The number of pyridine rings is 1. The van der Waals surface area contributed by atoms with E-state index in [0.29, 0.717) is 11.3 Å². The maximum Gasteiger partial charge on any atom is 0.291 e. The summed E-state index contributed by atoms with van der Waals surface area (Å²) in [6.07, 6.45) is 3.93. The molecule has 0 aliphatic heterocycles. The number of primary amides is 1. The van der Waals surface area contributed by atoms with E-state index in [2.05, 4.69) is 4.98 Å². The molecule has 0 aromatic carbocycles. The maximum absolute atomic E-state index is 10.6. The Morgan fingerprint density at radius 2 is 2.33 bits per heavy atom. The molecule has 1 amide bonds. The highest BCUT2D eigenvalue weighted by atomic mass is 16.6. The summed E-state index contributed by atoms with van der Waals surface area (Å²) in [4.78, 5) is 24.3. The molecule has 0 bridgehead atoms. The van der Waals surface area contributed by atoms with E-state index in [4.69, 9.17) is 5.73 Å². The second-order valence-corrected chi connectivity index (χ2v) is 2.87. The van der Waals surface area contributed by atoms with Gasteiger partial charge in [0.2, 0.25) is 5.91 Å². The van der Waals surface area contributed by atoms with E-state index in [9.17, 15) is 14.9 Å². The first-order valence-corrected chi connectivity index (χ1v) is 4.09. The second-order valence-electron chi connectivity index (χ2n) is 2.87. The van der Waals surface area contributed by atoms with Crippen LogP contribution in [0.5, 0.6) is 0 Å². The molecule has 0 fully saturated rings. The molecule has 0 saturated heterocycles. The molecule has 0 spiro atoms. The van der Waals surface area contributed by atoms with Gasteiger partial charge in [0.15, 0.2) is 0 Å². The number of rotatable bonds is 3. The van der Waals surface area contributed by atoms with Crippen LogP contribution in [0.4, 0.5) is 5.69 Å². The predicted molar refractivity (Wildman–Crippen MR) is 53.9 cm³/mol. The molecule has 1 aromatic rings. The third-order valence-electron chi connectivity index (χ3n) is 1.72. The third kappa shape index (κ3) is 2.87. The lowest BCUT2D eigenvalue weighted by Gasteiger charge is -1.97. The van der Waals surface area contributed by atoms with Crippen LogP contribution in [0.1, 0.15) is 11.3 Å². The number of aryl methyl sites for hydroxylation is 1. The van der Waals surface area contributed by atoms with Gasteiger partial charge in [-0.25, -0.2) is 0 Å². The zero-order valence-corrected chi connectivity index (χ0v) is 8.01. The standard InChI is InChI=1S/C9H9N3O3/c1-6-8(12(14)15)4-7(5-11-6)2-3-9(10)13/h2-5H,1H3,(H2,10,13). The van der Waals surface area contributed by atoms with Crippen molar-refractivity contribution in [3.05, 3.63) is 39.7 Å². The molecule has 0 aliphatic rings. The van der Waals surface area contributed by atoms with Gasteiger partial charge in [-0.3, -0.25) is 19.9 Å². The summed E-state index contributed by atoms with van der Waals surface area (Å²) in [7, 11) is 0. The lowest BCUT2D eigenvalue weighted by atomic mass is 10.2. The van der Waals surface area contributed by atoms with Crippen molar-refractivity contribution in [3.8, 4) is 0 Å². The summed E-state index contributed by atoms with van der Waals surface area (Å²) in [5.74, 6) is -0.613. The molecule has 6 nitrogen and oxygen atoms in total. The minimum atomic E-state index is -0.613. The number of hydrogen-bond donors (Lipinski definition) is 1. The van der Waals surface area contributed by atoms with Crippen LogP contribution in [-0.4, -0.2) is 15.8 Å². The highest BCUT2D eigenvalue weighted by Crippen LogP contribution is 2.17. The number of carbonyl (C=O) groups excluding carboxylic acids is 1. The van der Waals surface area contributed by atoms with Gasteiger partial charge in [0, 0.05) is 18.3 Å². The Kier molecular flexibility index (Phi) is 3.12. The van der Waals surface area contributed by atoms with Crippen molar-refractivity contribution in [1.29, 1.82) is 0 Å². The maximum atomic E-state index is 10.6. The summed E-state index contributed by atoms with van der Waals surface area (Å²) < 4.78 is 0. The van der Waals surface area contributed by atoms with Crippen LogP contribution in [0.3, 0.4) is 0 Å². The minimum absolute atomic E-state index is 0.0818. The Hall–Kier alpha value is -2.24. The molecular weight excluding hydrogens is 198 g/mol. The number of nitrogens with zero attached hydrogens (tertiary/aromatic N) is 2. The summed E-state index contributed by atoms with van der Waals surface area (Å²) in [5.41, 5.74) is 5.60. The van der Waals surface area contributed by atoms with Crippen LogP contribution >= 0.6 is 0 Å². The average Bonchev–Trinajstić information content (AvgIpc) is 2.16. The molecule has 0 aliphatic carbocycles. The summed E-state index contributed by atoms with van der Waals surface area (Å²) in [5, 5.41) is 10.6. The minimum Gasteiger partial charge on any atom is -0.366 e. The van der Waals surface area contributed by atoms with Crippen LogP contribution in [0.25, 0.3) is 6.08 Å². The zero-order chi connectivity index (χ0) is 11.4. The van der Waals surface area contributed by atoms with Crippen LogP contribution in [0.15, 0.2) is 18.3 Å². The van der Waals surface area contributed by atoms with Gasteiger partial charge in [0.1, 0.15) is 5.69 Å². The van der Waals surface area contributed by atoms with Gasteiger partial charge in [-0.15, -0.1) is 0 Å². The number of hydrogen-bond acceptors (Lipinski definition) is 4. The average molecular weight is 207 g/mol. The fourth-order valence-electron chi connectivity index (χ4n) is 0.991. The topological polar surface area (TPSA) is 99.1 Å². The van der Waals surface area contributed by atoms with Crippen molar-refractivity contribution in [1.82, 2.24) is 4.98 Å². The van der Waals surface area contributed by atoms with E-state index in [0.717, 1.165) is 6.08 Å². The van der Waals surface area contributed by atoms with Crippen LogP contribution in [0.2, 0.25) is 0 Å². The first-order valence-electron chi connectivity index (χ1n) is 4.09. The van der Waals surface area contributed by atoms with Crippen molar-refractivity contribution in [3.63, 3.8) is 0 Å². The van der Waals surface area contributed by atoms with Gasteiger partial charge in [0.05, 0.1) is 4.92 Å². The number of nitrogens with two attached hydrogens (primary N) is 1. The fraction of sp³-hybridized carbons (Fsp3) is 0.111. The summed E-state index contributed by atoms with van der Waals surface area (Å²) in [6, 6.07) is 1.34. The summed E-state index contributed by atoms with van der Waals surface area (Å²) in [6.45, 7) is 1.54. The predicted octanol–water partition coefficient (Wildman–Crippen LogP) is 0.797. The van der Waals surface area contributed by atoms with Gasteiger partial charge < -0.3 is 5.73 Å². The smallest absolute Gasteiger partial charge is 0.291 e. The largest absolute Gasteiger partial charge is 0.366 e. The number of nitro groups is 1. The summed E-state index contributed by atoms with van der Waals surface area (Å²) >= 11 is 0. The Labute approximate surface area is 85.6 Å². The molecule has 1 heterocycles. The van der Waals surface area contributed by atoms with Gasteiger partial charge in [-0.1, -0.05) is 0 Å². The first-order chi connectivity index (χ1) is 7.00. The van der Waals surface area contributed by atoms with Crippen molar-refractivity contribution < 1.29 is 9.72 Å². The zero-order valence-electron chi connectivity index (χ0n) is 8.01. The van der Waals surface area contributed by atoms with Crippen molar-refractivity contribution >= 4 is 17.7 Å². The lowest BCUT2D eigenvalue weighted by Crippen LogP contribution is -2.05. The molecule has 2 N–H and O–H groups in total. The molecule has 0 saturated carbocycles. The Morgan fingerprint density at radius 1 is 1.67 bits per heavy atom. The molecule has 1 rings (SSSR count). The van der Waals surface area contributed by atoms with E-state index < -0.39 is 10.8 Å². The van der Waals surface area contributed by atoms with Crippen molar-refractivity contribution in [2.45, 2.75) is 6.92 Å². The molecular formula is C9H9N3O3. The number of aromatic nitrogens is 1. The molecule has 78 valence electrons. The molecule has 0 atom stereocenters. The van der Waals surface area contributed by atoms with Gasteiger partial charge in [-0.2, -0.15) is 0 Å². The van der Waals surface area contributed by atoms with E-state index in [1.165, 1.54) is 18.3 Å². The van der Waals surface area contributed by atoms with Crippen LogP contribution in [-0.2, 0) is 4.79 Å². The highest BCUT2D eigenvalue weighted by Gasteiger charge is 2.11. The first kappa shape index (κ1) is 10.8. The van der Waals surface area contributed by atoms with E-state index in [1.54, 1.807) is 6.92 Å². The fourth-order valence-corrected chi connectivity index (χ4v) is 0.991. The lowest BCUT2D eigenvalue weighted by molar-refractivity contribution is -0.385. The van der Waals surface area contributed by atoms with Gasteiger partial charge in [-0.05, 0) is 18.6 Å². The van der Waals surface area contributed by atoms with Gasteiger partial charge in [0.25, 0.3) is 5.69 Å². The van der Waals surface area contributed by atoms with Crippen molar-refractivity contribution in [2.75, 3.05) is 0 Å². The van der Waals surface area contributed by atoms with E-state index in [1.807, 2.05) is 0 Å². The molecule has 6 heteroatoms. The third-order valence-corrected chi connectivity index (χ3v) is 1.72. The molecule has 15 heavy (non-hydrogen) atoms. The monoisotopic (exact) mass is 207 g/mol. The Bertz CT molecular complexity index is 440. The van der Waals surface area contributed by atoms with Gasteiger partial charge >= 0.3 is 0 Å². The highest BCUT2D eigenvalue weighted by molar-refractivity contribution is 5.90. The molecule has 0 unspecified atom stereocenters. The van der Waals surface area contributed by atoms with E-state index >= 15 is 0 Å². The molecule has 0 radical (unpaired) electrons. The number of carbonyl (C=O) groups is 1. The quantitative estimate of drug-likeness (QED) is 0.450. The SMILES string of the molecule is Cc1ncc(C=CC(N)=O)cc1[N+](=O)[O-]. The van der Waals surface area contributed by atoms with Crippen molar-refractivity contribution in [2.24, 2.45) is 5.73 Å². The van der Waals surface area contributed by atoms with Crippen LogP contribution in [0, 0.1) is 17.0 Å². The Balaban J connectivity index is 3.08. The normalized spacial score (nSPS) is 10.5. The molecule has 1 aromatic heterocycles.